The molecule has 0 spiro atoms. The smallest absolute Gasteiger partial charge is 0.124 e. The van der Waals surface area contributed by atoms with E-state index in [1.54, 1.807) is 17.8 Å². The van der Waals surface area contributed by atoms with E-state index in [-0.39, 0.29) is 5.82 Å². The Labute approximate surface area is 158 Å². The summed E-state index contributed by atoms with van der Waals surface area (Å²) in [5, 5.41) is 0.433. The van der Waals surface area contributed by atoms with Crippen molar-refractivity contribution in [3.63, 3.8) is 0 Å². The van der Waals surface area contributed by atoms with Crippen LogP contribution in [-0.2, 0) is 13.5 Å². The first kappa shape index (κ1) is 21.1. The van der Waals surface area contributed by atoms with Gasteiger partial charge in [-0.05, 0) is 62.2 Å². The molecule has 1 aromatic heterocycles. The van der Waals surface area contributed by atoms with Crippen LogP contribution in [0.3, 0.4) is 0 Å². The molecule has 6 heteroatoms. The third-order valence-electron chi connectivity index (χ3n) is 3.30. The number of halogens is 2. The average molecular weight is 380 g/mol. The van der Waals surface area contributed by atoms with E-state index in [9.17, 15) is 4.39 Å². The van der Waals surface area contributed by atoms with E-state index in [0.29, 0.717) is 5.02 Å². The van der Waals surface area contributed by atoms with Crippen LogP contribution in [-0.4, -0.2) is 17.0 Å². The molecular weight excluding hydrogens is 357 g/mol. The number of nitrogens with zero attached hydrogens (tertiary/aromatic N) is 2. The number of nitrogens with two attached hydrogens (primary N) is 1. The predicted octanol–water partition coefficient (Wildman–Crippen LogP) is 5.27. The van der Waals surface area contributed by atoms with Gasteiger partial charge in [-0.2, -0.15) is 0 Å². The maximum atomic E-state index is 13.3. The van der Waals surface area contributed by atoms with Crippen LogP contribution in [0.4, 0.5) is 4.39 Å². The van der Waals surface area contributed by atoms with E-state index in [1.165, 1.54) is 18.3 Å². The second-order valence-electron chi connectivity index (χ2n) is 5.19. The van der Waals surface area contributed by atoms with E-state index in [1.807, 2.05) is 26.2 Å². The van der Waals surface area contributed by atoms with Crippen molar-refractivity contribution < 1.29 is 4.39 Å². The standard InChI is InChI=1S/C17H18ClFN2S.C2H5N/c1-12(20-2)17(16-5-4-7-21(16)3)22-8-6-13-9-14(18)11-15(19)10-13;1-2-3/h4-5,7,9-11H,2,6,8H2,1,3H3;2H,1,3H2/b17-12-;. The second kappa shape index (κ2) is 10.8. The lowest BCUT2D eigenvalue weighted by Crippen LogP contribution is -1.96. The predicted molar refractivity (Wildman–Crippen MR) is 110 cm³/mol. The highest BCUT2D eigenvalue weighted by Crippen LogP contribution is 2.32. The van der Waals surface area contributed by atoms with Crippen molar-refractivity contribution in [2.75, 3.05) is 5.75 Å². The summed E-state index contributed by atoms with van der Waals surface area (Å²) >= 11 is 7.58. The van der Waals surface area contributed by atoms with Crippen LogP contribution in [0.5, 0.6) is 0 Å². The number of thioether (sulfide) groups is 1. The lowest BCUT2D eigenvalue weighted by atomic mass is 10.2. The Morgan fingerprint density at radius 2 is 2.12 bits per heavy atom. The Hall–Kier alpha value is -1.98. The quantitative estimate of drug-likeness (QED) is 0.694. The second-order valence-corrected chi connectivity index (χ2v) is 6.73. The van der Waals surface area contributed by atoms with Crippen molar-refractivity contribution in [2.45, 2.75) is 13.3 Å². The molecule has 0 aliphatic heterocycles. The number of rotatable bonds is 6. The van der Waals surface area contributed by atoms with Crippen LogP contribution < -0.4 is 5.73 Å². The summed E-state index contributed by atoms with van der Waals surface area (Å²) in [6.07, 6.45) is 3.99. The van der Waals surface area contributed by atoms with E-state index in [4.69, 9.17) is 11.6 Å². The minimum atomic E-state index is -0.297. The number of hydrogen-bond donors (Lipinski definition) is 1. The largest absolute Gasteiger partial charge is 0.405 e. The minimum absolute atomic E-state index is 0.297. The molecule has 0 aliphatic rings. The minimum Gasteiger partial charge on any atom is -0.405 e. The molecule has 134 valence electrons. The van der Waals surface area contributed by atoms with E-state index in [0.717, 1.165) is 34.0 Å². The molecule has 2 N–H and O–H groups in total. The molecule has 3 nitrogen and oxygen atoms in total. The van der Waals surface area contributed by atoms with Crippen molar-refractivity contribution >= 4 is 35.0 Å². The zero-order valence-electron chi connectivity index (χ0n) is 14.5. The Bertz CT molecular complexity index is 733. The third kappa shape index (κ3) is 6.80. The molecule has 0 bridgehead atoms. The molecular formula is C19H23ClFN3S. The van der Waals surface area contributed by atoms with Gasteiger partial charge in [0.2, 0.25) is 0 Å². The van der Waals surface area contributed by atoms with Gasteiger partial charge in [0.25, 0.3) is 0 Å². The number of aromatic nitrogens is 1. The number of aliphatic imine (C=N–C) groups is 1. The molecule has 0 radical (unpaired) electrons. The topological polar surface area (TPSA) is 43.3 Å². The summed E-state index contributed by atoms with van der Waals surface area (Å²) in [4.78, 5) is 5.14. The van der Waals surface area contributed by atoms with Crippen LogP contribution in [0.15, 0.2) is 60.0 Å². The number of aryl methyl sites for hydroxylation is 2. The van der Waals surface area contributed by atoms with Gasteiger partial charge in [0.05, 0.1) is 16.3 Å². The van der Waals surface area contributed by atoms with Crippen molar-refractivity contribution in [2.24, 2.45) is 17.8 Å². The fourth-order valence-corrected chi connectivity index (χ4v) is 3.58. The molecule has 0 unspecified atom stereocenters. The fraction of sp³-hybridized carbons (Fsp3) is 0.211. The normalized spacial score (nSPS) is 11.2. The highest BCUT2D eigenvalue weighted by Gasteiger charge is 2.10. The summed E-state index contributed by atoms with van der Waals surface area (Å²) in [6, 6.07) is 8.70. The number of benzene rings is 1. The van der Waals surface area contributed by atoms with Crippen molar-refractivity contribution in [1.29, 1.82) is 0 Å². The molecule has 0 aliphatic carbocycles. The lowest BCUT2D eigenvalue weighted by molar-refractivity contribution is 0.626. The summed E-state index contributed by atoms with van der Waals surface area (Å²) in [5.74, 6) is 0.516. The van der Waals surface area contributed by atoms with Crippen molar-refractivity contribution in [1.82, 2.24) is 4.57 Å². The van der Waals surface area contributed by atoms with Gasteiger partial charge in [-0.1, -0.05) is 18.2 Å². The zero-order chi connectivity index (χ0) is 18.8. The van der Waals surface area contributed by atoms with Gasteiger partial charge >= 0.3 is 0 Å². The molecule has 0 saturated carbocycles. The van der Waals surface area contributed by atoms with Gasteiger partial charge in [-0.3, -0.25) is 4.99 Å². The molecule has 0 atom stereocenters. The summed E-state index contributed by atoms with van der Waals surface area (Å²) in [5.41, 5.74) is 7.50. The lowest BCUT2D eigenvalue weighted by Gasteiger charge is -2.11. The first-order valence-electron chi connectivity index (χ1n) is 7.62. The molecule has 2 aromatic rings. The summed E-state index contributed by atoms with van der Waals surface area (Å²) in [6.45, 7) is 8.70. The Balaban J connectivity index is 0.000000970. The molecule has 1 aromatic carbocycles. The van der Waals surface area contributed by atoms with Crippen LogP contribution in [0.1, 0.15) is 18.2 Å². The number of hydrogen-bond acceptors (Lipinski definition) is 3. The first-order chi connectivity index (χ1) is 11.9. The molecule has 0 amide bonds. The van der Waals surface area contributed by atoms with Gasteiger partial charge in [0, 0.05) is 24.0 Å². The molecule has 0 saturated heterocycles. The fourth-order valence-electron chi connectivity index (χ4n) is 2.16. The van der Waals surface area contributed by atoms with Gasteiger partial charge < -0.3 is 10.3 Å². The van der Waals surface area contributed by atoms with Crippen LogP contribution in [0.2, 0.25) is 5.02 Å². The molecule has 2 rings (SSSR count). The Morgan fingerprint density at radius 1 is 1.44 bits per heavy atom. The van der Waals surface area contributed by atoms with Crippen LogP contribution >= 0.6 is 23.4 Å². The van der Waals surface area contributed by atoms with Crippen LogP contribution in [0, 0.1) is 5.82 Å². The summed E-state index contributed by atoms with van der Waals surface area (Å²) in [7, 11) is 2.00. The van der Waals surface area contributed by atoms with E-state index in [2.05, 4.69) is 34.7 Å². The summed E-state index contributed by atoms with van der Waals surface area (Å²) < 4.78 is 15.4. The zero-order valence-corrected chi connectivity index (χ0v) is 16.1. The molecule has 25 heavy (non-hydrogen) atoms. The van der Waals surface area contributed by atoms with Gasteiger partial charge in [-0.15, -0.1) is 11.8 Å². The average Bonchev–Trinajstić information content (AvgIpc) is 2.96. The first-order valence-corrected chi connectivity index (χ1v) is 8.99. The SMILES string of the molecule is C=CN.C=N/C(C)=C(\SCCc1cc(F)cc(Cl)c1)c1cccn1C. The number of allylic oxidation sites excluding steroid dienone is 1. The highest BCUT2D eigenvalue weighted by atomic mass is 35.5. The Morgan fingerprint density at radius 3 is 2.64 bits per heavy atom. The van der Waals surface area contributed by atoms with Gasteiger partial charge in [-0.25, -0.2) is 4.39 Å². The highest BCUT2D eigenvalue weighted by molar-refractivity contribution is 8.08. The van der Waals surface area contributed by atoms with Crippen molar-refractivity contribution in [3.05, 3.63) is 77.1 Å². The molecule has 0 fully saturated rings. The molecule has 1 heterocycles. The maximum absolute atomic E-state index is 13.3. The van der Waals surface area contributed by atoms with Crippen molar-refractivity contribution in [3.8, 4) is 0 Å². The maximum Gasteiger partial charge on any atom is 0.124 e. The monoisotopic (exact) mass is 379 g/mol. The van der Waals surface area contributed by atoms with Gasteiger partial charge in [0.15, 0.2) is 0 Å². The Kier molecular flexibility index (Phi) is 9.10. The van der Waals surface area contributed by atoms with Crippen LogP contribution in [0.25, 0.3) is 4.91 Å². The van der Waals surface area contributed by atoms with E-state index < -0.39 is 0 Å². The van der Waals surface area contributed by atoms with E-state index >= 15 is 0 Å². The van der Waals surface area contributed by atoms with Gasteiger partial charge in [0.1, 0.15) is 5.82 Å². The third-order valence-corrected chi connectivity index (χ3v) is 4.72.